The number of carbonyl (C=O) groups is 1. The predicted molar refractivity (Wildman–Crippen MR) is 97.2 cm³/mol. The van der Waals surface area contributed by atoms with Gasteiger partial charge >= 0.3 is 0 Å². The van der Waals surface area contributed by atoms with Crippen molar-refractivity contribution in [2.45, 2.75) is 26.4 Å². The standard InChI is InChI=1S/C18H24N4O3/c1-13(2)25-16-8-5-4-7-14(16)22-18(23)15-11-17(21-12-20-15)19-9-6-10-24-3/h4-5,7-8,11-13H,6,9-10H2,1-3H3,(H,22,23)(H,19,20,21). The molecule has 2 aromatic rings. The summed E-state index contributed by atoms with van der Waals surface area (Å²) in [6.07, 6.45) is 2.23. The van der Waals surface area contributed by atoms with Gasteiger partial charge in [0.1, 0.15) is 23.6 Å². The Balaban J connectivity index is 2.04. The summed E-state index contributed by atoms with van der Waals surface area (Å²) in [4.78, 5) is 20.6. The van der Waals surface area contributed by atoms with Crippen LogP contribution < -0.4 is 15.4 Å². The first-order valence-corrected chi connectivity index (χ1v) is 8.22. The Bertz CT molecular complexity index is 692. The number of aromatic nitrogens is 2. The van der Waals surface area contributed by atoms with E-state index in [1.165, 1.54) is 6.33 Å². The van der Waals surface area contributed by atoms with E-state index in [0.29, 0.717) is 30.4 Å². The van der Waals surface area contributed by atoms with Gasteiger partial charge in [0.25, 0.3) is 5.91 Å². The van der Waals surface area contributed by atoms with Crippen molar-refractivity contribution < 1.29 is 14.3 Å². The molecule has 1 aromatic carbocycles. The summed E-state index contributed by atoms with van der Waals surface area (Å²) in [5.74, 6) is 0.905. The van der Waals surface area contributed by atoms with Crippen molar-refractivity contribution in [1.29, 1.82) is 0 Å². The zero-order chi connectivity index (χ0) is 18.1. The Labute approximate surface area is 147 Å². The number of ether oxygens (including phenoxy) is 2. The molecule has 2 rings (SSSR count). The Morgan fingerprint density at radius 3 is 2.80 bits per heavy atom. The van der Waals surface area contributed by atoms with Gasteiger partial charge in [-0.3, -0.25) is 4.79 Å². The van der Waals surface area contributed by atoms with Gasteiger partial charge in [-0.05, 0) is 32.4 Å². The molecule has 25 heavy (non-hydrogen) atoms. The van der Waals surface area contributed by atoms with Crippen LogP contribution in [0.15, 0.2) is 36.7 Å². The molecule has 0 unspecified atom stereocenters. The molecule has 7 nitrogen and oxygen atoms in total. The lowest BCUT2D eigenvalue weighted by molar-refractivity contribution is 0.102. The van der Waals surface area contributed by atoms with Gasteiger partial charge in [0, 0.05) is 26.3 Å². The molecule has 0 radical (unpaired) electrons. The van der Waals surface area contributed by atoms with Crippen molar-refractivity contribution in [1.82, 2.24) is 9.97 Å². The molecular weight excluding hydrogens is 320 g/mol. The van der Waals surface area contributed by atoms with Crippen molar-refractivity contribution in [3.63, 3.8) is 0 Å². The van der Waals surface area contributed by atoms with Gasteiger partial charge in [-0.2, -0.15) is 0 Å². The average Bonchev–Trinajstić information content (AvgIpc) is 2.60. The van der Waals surface area contributed by atoms with Crippen molar-refractivity contribution >= 4 is 17.4 Å². The average molecular weight is 344 g/mol. The van der Waals surface area contributed by atoms with Gasteiger partial charge in [0.2, 0.25) is 0 Å². The van der Waals surface area contributed by atoms with Crippen LogP contribution >= 0.6 is 0 Å². The van der Waals surface area contributed by atoms with Crippen molar-refractivity contribution in [2.75, 3.05) is 30.9 Å². The van der Waals surface area contributed by atoms with Crippen LogP contribution in [0.1, 0.15) is 30.8 Å². The number of hydrogen-bond acceptors (Lipinski definition) is 6. The third-order valence-corrected chi connectivity index (χ3v) is 3.23. The largest absolute Gasteiger partial charge is 0.489 e. The first-order chi connectivity index (χ1) is 12.1. The van der Waals surface area contributed by atoms with E-state index in [2.05, 4.69) is 20.6 Å². The Hall–Kier alpha value is -2.67. The molecule has 1 heterocycles. The van der Waals surface area contributed by atoms with Gasteiger partial charge in [-0.1, -0.05) is 12.1 Å². The Morgan fingerprint density at radius 1 is 1.24 bits per heavy atom. The first-order valence-electron chi connectivity index (χ1n) is 8.22. The van der Waals surface area contributed by atoms with Crippen LogP contribution in [0, 0.1) is 0 Å². The van der Waals surface area contributed by atoms with Crippen LogP contribution in [0.5, 0.6) is 5.75 Å². The summed E-state index contributed by atoms with van der Waals surface area (Å²) in [6, 6.07) is 8.93. The highest BCUT2D eigenvalue weighted by atomic mass is 16.5. The summed E-state index contributed by atoms with van der Waals surface area (Å²) in [7, 11) is 1.66. The molecule has 0 saturated carbocycles. The molecular formula is C18H24N4O3. The van der Waals surface area contributed by atoms with Gasteiger partial charge in [0.15, 0.2) is 0 Å². The number of carbonyl (C=O) groups excluding carboxylic acids is 1. The molecule has 0 spiro atoms. The number of rotatable bonds is 9. The number of nitrogens with zero attached hydrogens (tertiary/aromatic N) is 2. The second-order valence-corrected chi connectivity index (χ2v) is 5.68. The van der Waals surface area contributed by atoms with E-state index in [4.69, 9.17) is 9.47 Å². The van der Waals surface area contributed by atoms with Crippen LogP contribution in [0.2, 0.25) is 0 Å². The lowest BCUT2D eigenvalue weighted by atomic mass is 10.2. The molecule has 0 atom stereocenters. The van der Waals surface area contributed by atoms with E-state index in [1.807, 2.05) is 32.0 Å². The molecule has 0 bridgehead atoms. The van der Waals surface area contributed by atoms with E-state index < -0.39 is 0 Å². The maximum Gasteiger partial charge on any atom is 0.274 e. The van der Waals surface area contributed by atoms with E-state index >= 15 is 0 Å². The van der Waals surface area contributed by atoms with Crippen molar-refractivity contribution in [3.8, 4) is 5.75 Å². The summed E-state index contributed by atoms with van der Waals surface area (Å²) in [6.45, 7) is 5.24. The van der Waals surface area contributed by atoms with Crippen LogP contribution in [-0.4, -0.2) is 42.2 Å². The fourth-order valence-electron chi connectivity index (χ4n) is 2.12. The number of amides is 1. The maximum atomic E-state index is 12.5. The third-order valence-electron chi connectivity index (χ3n) is 3.23. The number of para-hydroxylation sites is 2. The lowest BCUT2D eigenvalue weighted by Crippen LogP contribution is -2.16. The fourth-order valence-corrected chi connectivity index (χ4v) is 2.12. The van der Waals surface area contributed by atoms with Crippen molar-refractivity contribution in [3.05, 3.63) is 42.4 Å². The second kappa shape index (κ2) is 9.58. The monoisotopic (exact) mass is 344 g/mol. The fraction of sp³-hybridized carbons (Fsp3) is 0.389. The molecule has 0 fully saturated rings. The summed E-state index contributed by atoms with van der Waals surface area (Å²) in [5.41, 5.74) is 0.887. The number of anilines is 2. The van der Waals surface area contributed by atoms with E-state index in [1.54, 1.807) is 19.2 Å². The van der Waals surface area contributed by atoms with Crippen LogP contribution in [0.3, 0.4) is 0 Å². The van der Waals surface area contributed by atoms with Crippen LogP contribution in [0.25, 0.3) is 0 Å². The van der Waals surface area contributed by atoms with Crippen molar-refractivity contribution in [2.24, 2.45) is 0 Å². The van der Waals surface area contributed by atoms with Gasteiger partial charge in [-0.15, -0.1) is 0 Å². The highest BCUT2D eigenvalue weighted by Gasteiger charge is 2.12. The SMILES string of the molecule is COCCCNc1cc(C(=O)Nc2ccccc2OC(C)C)ncn1. The normalized spacial score (nSPS) is 10.6. The second-order valence-electron chi connectivity index (χ2n) is 5.68. The zero-order valence-electron chi connectivity index (χ0n) is 14.8. The molecule has 0 aliphatic heterocycles. The first kappa shape index (κ1) is 18.7. The highest BCUT2D eigenvalue weighted by Crippen LogP contribution is 2.25. The van der Waals surface area contributed by atoms with Gasteiger partial charge in [-0.25, -0.2) is 9.97 Å². The third kappa shape index (κ3) is 6.04. The Kier molecular flexibility index (Phi) is 7.16. The molecule has 134 valence electrons. The minimum absolute atomic E-state index is 0.0139. The van der Waals surface area contributed by atoms with E-state index in [9.17, 15) is 4.79 Å². The van der Waals surface area contributed by atoms with Crippen LogP contribution in [-0.2, 0) is 4.74 Å². The molecule has 0 aliphatic rings. The zero-order valence-corrected chi connectivity index (χ0v) is 14.8. The van der Waals surface area contributed by atoms with Crippen LogP contribution in [0.4, 0.5) is 11.5 Å². The number of benzene rings is 1. The predicted octanol–water partition coefficient (Wildman–Crippen LogP) is 2.96. The molecule has 1 aromatic heterocycles. The molecule has 0 saturated heterocycles. The minimum Gasteiger partial charge on any atom is -0.489 e. The number of methoxy groups -OCH3 is 1. The highest BCUT2D eigenvalue weighted by molar-refractivity contribution is 6.04. The smallest absolute Gasteiger partial charge is 0.274 e. The Morgan fingerprint density at radius 2 is 2.04 bits per heavy atom. The quantitative estimate of drug-likeness (QED) is 0.680. The van der Waals surface area contributed by atoms with E-state index in [0.717, 1.165) is 6.42 Å². The minimum atomic E-state index is -0.317. The topological polar surface area (TPSA) is 85.4 Å². The summed E-state index contributed by atoms with van der Waals surface area (Å²) < 4.78 is 10.7. The summed E-state index contributed by atoms with van der Waals surface area (Å²) >= 11 is 0. The van der Waals surface area contributed by atoms with Gasteiger partial charge in [0.05, 0.1) is 11.8 Å². The van der Waals surface area contributed by atoms with E-state index in [-0.39, 0.29) is 17.7 Å². The molecule has 0 aliphatic carbocycles. The number of nitrogens with one attached hydrogen (secondary N) is 2. The summed E-state index contributed by atoms with van der Waals surface area (Å²) in [5, 5.41) is 5.97. The molecule has 2 N–H and O–H groups in total. The lowest BCUT2D eigenvalue weighted by Gasteiger charge is -2.14. The number of hydrogen-bond donors (Lipinski definition) is 2. The maximum absolute atomic E-state index is 12.5. The molecule has 7 heteroatoms. The van der Waals surface area contributed by atoms with Gasteiger partial charge < -0.3 is 20.1 Å². The molecule has 1 amide bonds.